The topological polar surface area (TPSA) is 0 Å². The Morgan fingerprint density at radius 3 is 2.22 bits per heavy atom. The molecule has 0 saturated carbocycles. The normalized spacial score (nSPS) is 12.6. The average molecular weight is 295 g/mol. The molecule has 1 unspecified atom stereocenters. The van der Waals surface area contributed by atoms with Crippen LogP contribution in [0.1, 0.15) is 17.0 Å². The molecular formula is C23H19. The number of rotatable bonds is 3. The second-order valence-electron chi connectivity index (χ2n) is 6.15. The van der Waals surface area contributed by atoms with Crippen LogP contribution in [0.25, 0.3) is 21.5 Å². The third-order valence-electron chi connectivity index (χ3n) is 4.56. The van der Waals surface area contributed by atoms with Gasteiger partial charge in [-0.2, -0.15) is 0 Å². The maximum Gasteiger partial charge on any atom is -0.0115 e. The van der Waals surface area contributed by atoms with Crippen molar-refractivity contribution in [2.24, 2.45) is 0 Å². The Bertz CT molecular complexity index is 960. The minimum Gasteiger partial charge on any atom is -0.0616 e. The lowest BCUT2D eigenvalue weighted by Crippen LogP contribution is -2.00. The highest BCUT2D eigenvalue weighted by molar-refractivity contribution is 5.86. The monoisotopic (exact) mass is 295 g/mol. The molecule has 0 saturated heterocycles. The van der Waals surface area contributed by atoms with Crippen LogP contribution in [-0.2, 0) is 6.42 Å². The van der Waals surface area contributed by atoms with E-state index in [4.69, 9.17) is 0 Å². The summed E-state index contributed by atoms with van der Waals surface area (Å²) in [6, 6.07) is 30.3. The molecule has 0 nitrogen and oxygen atoms in total. The summed E-state index contributed by atoms with van der Waals surface area (Å²) < 4.78 is 0. The Balaban J connectivity index is 1.69. The van der Waals surface area contributed by atoms with Crippen LogP contribution >= 0.6 is 0 Å². The summed E-state index contributed by atoms with van der Waals surface area (Å²) in [7, 11) is 0. The molecule has 0 fully saturated rings. The molecule has 4 aromatic rings. The van der Waals surface area contributed by atoms with E-state index in [9.17, 15) is 0 Å². The first kappa shape index (κ1) is 14.0. The molecular weight excluding hydrogens is 276 g/mol. The average Bonchev–Trinajstić information content (AvgIpc) is 2.61. The summed E-state index contributed by atoms with van der Waals surface area (Å²) in [4.78, 5) is 0. The van der Waals surface area contributed by atoms with Crippen molar-refractivity contribution in [3.63, 3.8) is 0 Å². The number of benzene rings is 4. The minimum atomic E-state index is 0.252. The second-order valence-corrected chi connectivity index (χ2v) is 6.15. The van der Waals surface area contributed by atoms with Crippen LogP contribution in [0.2, 0.25) is 0 Å². The molecule has 0 aliphatic heterocycles. The predicted octanol–water partition coefficient (Wildman–Crippen LogP) is 6.15. The van der Waals surface area contributed by atoms with Crippen molar-refractivity contribution >= 4 is 21.5 Å². The van der Waals surface area contributed by atoms with Gasteiger partial charge in [0.25, 0.3) is 0 Å². The lowest BCUT2D eigenvalue weighted by atomic mass is 9.89. The summed E-state index contributed by atoms with van der Waals surface area (Å²) in [5.41, 5.74) is 2.67. The van der Waals surface area contributed by atoms with Gasteiger partial charge < -0.3 is 0 Å². The van der Waals surface area contributed by atoms with Gasteiger partial charge in [-0.15, -0.1) is 0 Å². The smallest absolute Gasteiger partial charge is 0.0115 e. The fraction of sp³-hybridized carbons (Fsp3) is 0.0870. The van der Waals surface area contributed by atoms with E-state index in [0.717, 1.165) is 6.42 Å². The van der Waals surface area contributed by atoms with Crippen LogP contribution in [-0.4, -0.2) is 0 Å². The van der Waals surface area contributed by atoms with Crippen LogP contribution in [0.5, 0.6) is 0 Å². The van der Waals surface area contributed by atoms with E-state index in [1.807, 2.05) is 0 Å². The molecule has 0 heteroatoms. The second kappa shape index (κ2) is 5.89. The molecule has 4 rings (SSSR count). The van der Waals surface area contributed by atoms with E-state index in [-0.39, 0.29) is 5.92 Å². The van der Waals surface area contributed by atoms with Crippen LogP contribution in [0.4, 0.5) is 0 Å². The van der Waals surface area contributed by atoms with Gasteiger partial charge in [0, 0.05) is 0 Å². The molecule has 0 aliphatic rings. The van der Waals surface area contributed by atoms with Gasteiger partial charge in [0.1, 0.15) is 0 Å². The predicted molar refractivity (Wildman–Crippen MR) is 99.7 cm³/mol. The van der Waals surface area contributed by atoms with Crippen molar-refractivity contribution < 1.29 is 0 Å². The number of fused-ring (bicyclic) bond motifs is 2. The molecule has 4 aromatic carbocycles. The summed E-state index contributed by atoms with van der Waals surface area (Å²) in [5.74, 6) is 0.252. The van der Waals surface area contributed by atoms with Gasteiger partial charge in [0.2, 0.25) is 0 Å². The molecule has 0 heterocycles. The largest absolute Gasteiger partial charge is 0.0616 e. The molecule has 1 atom stereocenters. The molecule has 0 aromatic heterocycles. The Hall–Kier alpha value is -2.60. The molecule has 0 aliphatic carbocycles. The van der Waals surface area contributed by atoms with E-state index in [0.29, 0.717) is 0 Å². The minimum absolute atomic E-state index is 0.252. The third-order valence-corrected chi connectivity index (χ3v) is 4.56. The summed E-state index contributed by atoms with van der Waals surface area (Å²) in [6.07, 6.45) is 0.957. The summed E-state index contributed by atoms with van der Waals surface area (Å²) in [6.45, 7) is 4.43. The van der Waals surface area contributed by atoms with Gasteiger partial charge >= 0.3 is 0 Å². The van der Waals surface area contributed by atoms with Crippen LogP contribution < -0.4 is 0 Å². The van der Waals surface area contributed by atoms with Gasteiger partial charge in [-0.25, -0.2) is 0 Å². The lowest BCUT2D eigenvalue weighted by Gasteiger charge is -2.15. The van der Waals surface area contributed by atoms with E-state index in [1.54, 1.807) is 0 Å². The van der Waals surface area contributed by atoms with Crippen molar-refractivity contribution in [2.45, 2.75) is 12.3 Å². The Kier molecular flexibility index (Phi) is 3.59. The summed E-state index contributed by atoms with van der Waals surface area (Å²) >= 11 is 0. The number of hydrogen-bond donors (Lipinski definition) is 0. The molecule has 111 valence electrons. The molecule has 0 bridgehead atoms. The van der Waals surface area contributed by atoms with Gasteiger partial charge in [0.15, 0.2) is 0 Å². The standard InChI is InChI=1S/C23H19/c1-17(22-12-6-10-20-8-4-5-11-23(20)22)15-18-13-14-19-7-2-3-9-21(19)16-18/h2-14,16-17H,1,15H2. The number of hydrogen-bond acceptors (Lipinski definition) is 0. The van der Waals surface area contributed by atoms with E-state index in [2.05, 4.69) is 91.9 Å². The van der Waals surface area contributed by atoms with Crippen molar-refractivity contribution in [1.29, 1.82) is 0 Å². The first-order valence-corrected chi connectivity index (χ1v) is 8.10. The van der Waals surface area contributed by atoms with E-state index < -0.39 is 0 Å². The van der Waals surface area contributed by atoms with Crippen LogP contribution in [0.15, 0.2) is 84.9 Å². The molecule has 0 spiro atoms. The maximum atomic E-state index is 4.43. The SMILES string of the molecule is [CH2]C(Cc1ccc2ccccc2c1)c1cccc2ccccc12. The molecule has 0 amide bonds. The Labute approximate surface area is 137 Å². The molecule has 23 heavy (non-hydrogen) atoms. The first-order chi connectivity index (χ1) is 11.3. The molecule has 0 N–H and O–H groups in total. The lowest BCUT2D eigenvalue weighted by molar-refractivity contribution is 0.841. The Morgan fingerprint density at radius 1 is 0.652 bits per heavy atom. The zero-order chi connectivity index (χ0) is 15.6. The Morgan fingerprint density at radius 2 is 1.35 bits per heavy atom. The van der Waals surface area contributed by atoms with Crippen molar-refractivity contribution in [3.05, 3.63) is 103 Å². The highest BCUT2D eigenvalue weighted by Crippen LogP contribution is 2.28. The van der Waals surface area contributed by atoms with Crippen LogP contribution in [0.3, 0.4) is 0 Å². The van der Waals surface area contributed by atoms with Gasteiger partial charge in [-0.1, -0.05) is 84.9 Å². The fourth-order valence-electron chi connectivity index (χ4n) is 3.37. The maximum absolute atomic E-state index is 4.43. The highest BCUT2D eigenvalue weighted by Gasteiger charge is 2.10. The van der Waals surface area contributed by atoms with Crippen molar-refractivity contribution in [1.82, 2.24) is 0 Å². The van der Waals surface area contributed by atoms with E-state index >= 15 is 0 Å². The molecule has 1 radical (unpaired) electrons. The fourth-order valence-corrected chi connectivity index (χ4v) is 3.37. The first-order valence-electron chi connectivity index (χ1n) is 8.10. The third kappa shape index (κ3) is 2.73. The van der Waals surface area contributed by atoms with Gasteiger partial charge in [0.05, 0.1) is 0 Å². The van der Waals surface area contributed by atoms with Crippen molar-refractivity contribution in [2.75, 3.05) is 0 Å². The van der Waals surface area contributed by atoms with E-state index in [1.165, 1.54) is 32.7 Å². The summed E-state index contributed by atoms with van der Waals surface area (Å²) in [5, 5.41) is 5.20. The highest BCUT2D eigenvalue weighted by atomic mass is 14.1. The van der Waals surface area contributed by atoms with Gasteiger partial charge in [-0.05, 0) is 51.9 Å². The van der Waals surface area contributed by atoms with Crippen LogP contribution in [0, 0.1) is 6.92 Å². The zero-order valence-corrected chi connectivity index (χ0v) is 13.1. The van der Waals surface area contributed by atoms with Crippen molar-refractivity contribution in [3.8, 4) is 0 Å². The quantitative estimate of drug-likeness (QED) is 0.425. The van der Waals surface area contributed by atoms with Gasteiger partial charge in [-0.3, -0.25) is 0 Å². The zero-order valence-electron chi connectivity index (χ0n) is 13.1.